The van der Waals surface area contributed by atoms with Crippen molar-refractivity contribution >= 4 is 37.8 Å². The van der Waals surface area contributed by atoms with Gasteiger partial charge in [-0.3, -0.25) is 9.78 Å². The summed E-state index contributed by atoms with van der Waals surface area (Å²) in [5.41, 5.74) is 1.07. The third-order valence-corrected chi connectivity index (χ3v) is 4.73. The van der Waals surface area contributed by atoms with Crippen molar-refractivity contribution in [3.05, 3.63) is 29.6 Å². The molecule has 3 nitrogen and oxygen atoms in total. The van der Waals surface area contributed by atoms with Crippen LogP contribution in [0.3, 0.4) is 0 Å². The Morgan fingerprint density at radius 1 is 1.50 bits per heavy atom. The summed E-state index contributed by atoms with van der Waals surface area (Å²) in [6.07, 6.45) is 1.68. The maximum absolute atomic E-state index is 12.0. The lowest BCUT2D eigenvalue weighted by atomic mass is 10.1. The first kappa shape index (κ1) is 13.6. The summed E-state index contributed by atoms with van der Waals surface area (Å²) in [6.45, 7) is 3.80. The highest BCUT2D eigenvalue weighted by molar-refractivity contribution is 9.09. The molecule has 0 fully saturated rings. The normalized spacial score (nSPS) is 11.2. The molecule has 0 unspecified atom stereocenters. The topological polar surface area (TPSA) is 42.0 Å². The molecular formula is C11H14Br2N2O. The zero-order valence-electron chi connectivity index (χ0n) is 9.26. The minimum atomic E-state index is -0.292. The molecule has 88 valence electrons. The fourth-order valence-electron chi connectivity index (χ4n) is 1.17. The van der Waals surface area contributed by atoms with Crippen LogP contribution in [-0.4, -0.2) is 27.1 Å². The molecule has 1 amide bonds. The predicted octanol–water partition coefficient (Wildman–Crippen LogP) is 2.67. The Bertz CT molecular complexity index is 378. The van der Waals surface area contributed by atoms with E-state index in [0.717, 1.165) is 5.69 Å². The summed E-state index contributed by atoms with van der Waals surface area (Å²) in [5, 5.41) is 4.36. The molecule has 0 saturated heterocycles. The lowest BCUT2D eigenvalue weighted by Crippen LogP contribution is -2.49. The number of amides is 1. The summed E-state index contributed by atoms with van der Waals surface area (Å²) in [4.78, 5) is 16.1. The van der Waals surface area contributed by atoms with E-state index in [-0.39, 0.29) is 11.4 Å². The molecule has 16 heavy (non-hydrogen) atoms. The number of aryl methyl sites for hydroxylation is 1. The number of nitrogens with zero attached hydrogens (tertiary/aromatic N) is 1. The molecule has 0 saturated carbocycles. The van der Waals surface area contributed by atoms with Gasteiger partial charge in [0.25, 0.3) is 5.91 Å². The molecule has 1 rings (SSSR count). The summed E-state index contributed by atoms with van der Waals surface area (Å²) >= 11 is 6.78. The molecule has 1 aromatic rings. The second kappa shape index (κ2) is 5.77. The average molecular weight is 350 g/mol. The van der Waals surface area contributed by atoms with Crippen LogP contribution in [0.5, 0.6) is 0 Å². The number of rotatable bonds is 4. The van der Waals surface area contributed by atoms with Crippen molar-refractivity contribution in [2.24, 2.45) is 0 Å². The number of aromatic nitrogens is 1. The summed E-state index contributed by atoms with van der Waals surface area (Å²) < 4.78 is 0. The van der Waals surface area contributed by atoms with E-state index in [0.29, 0.717) is 16.2 Å². The lowest BCUT2D eigenvalue weighted by Gasteiger charge is -2.26. The van der Waals surface area contributed by atoms with Crippen molar-refractivity contribution in [3.63, 3.8) is 0 Å². The van der Waals surface area contributed by atoms with Crippen molar-refractivity contribution in [2.75, 3.05) is 10.7 Å². The van der Waals surface area contributed by atoms with Crippen LogP contribution in [0, 0.1) is 6.92 Å². The van der Waals surface area contributed by atoms with Gasteiger partial charge in [0.15, 0.2) is 0 Å². The molecule has 0 radical (unpaired) electrons. The quantitative estimate of drug-likeness (QED) is 0.849. The van der Waals surface area contributed by atoms with Gasteiger partial charge in [0, 0.05) is 22.6 Å². The highest BCUT2D eigenvalue weighted by Crippen LogP contribution is 2.13. The molecule has 0 aromatic carbocycles. The van der Waals surface area contributed by atoms with Crippen LogP contribution in [-0.2, 0) is 0 Å². The van der Waals surface area contributed by atoms with E-state index in [2.05, 4.69) is 42.2 Å². The second-order valence-electron chi connectivity index (χ2n) is 3.92. The minimum Gasteiger partial charge on any atom is -0.345 e. The van der Waals surface area contributed by atoms with E-state index < -0.39 is 0 Å². The van der Waals surface area contributed by atoms with Gasteiger partial charge in [0.1, 0.15) is 0 Å². The van der Waals surface area contributed by atoms with E-state index in [1.54, 1.807) is 18.3 Å². The zero-order valence-corrected chi connectivity index (χ0v) is 12.4. The van der Waals surface area contributed by atoms with E-state index in [1.165, 1.54) is 0 Å². The molecule has 5 heteroatoms. The van der Waals surface area contributed by atoms with Gasteiger partial charge in [-0.2, -0.15) is 0 Å². The molecule has 1 aromatic heterocycles. The van der Waals surface area contributed by atoms with Crippen molar-refractivity contribution in [1.82, 2.24) is 10.3 Å². The van der Waals surface area contributed by atoms with Crippen LogP contribution in [0.25, 0.3) is 0 Å². The van der Waals surface area contributed by atoms with Crippen molar-refractivity contribution in [2.45, 2.75) is 19.4 Å². The number of hydrogen-bond acceptors (Lipinski definition) is 2. The third kappa shape index (κ3) is 3.28. The Labute approximate surface area is 112 Å². The van der Waals surface area contributed by atoms with Crippen LogP contribution in [0.15, 0.2) is 18.3 Å². The first-order valence-electron chi connectivity index (χ1n) is 4.88. The van der Waals surface area contributed by atoms with Gasteiger partial charge in [-0.25, -0.2) is 0 Å². The smallest absolute Gasteiger partial charge is 0.253 e. The van der Waals surface area contributed by atoms with E-state index in [1.807, 2.05) is 13.8 Å². The number of alkyl halides is 2. The monoisotopic (exact) mass is 348 g/mol. The number of nitrogens with one attached hydrogen (secondary N) is 1. The average Bonchev–Trinajstić information content (AvgIpc) is 2.29. The fraction of sp³-hybridized carbons (Fsp3) is 0.455. The van der Waals surface area contributed by atoms with Gasteiger partial charge >= 0.3 is 0 Å². The second-order valence-corrected chi connectivity index (χ2v) is 5.04. The highest BCUT2D eigenvalue weighted by Gasteiger charge is 2.24. The predicted molar refractivity (Wildman–Crippen MR) is 72.4 cm³/mol. The maximum atomic E-state index is 12.0. The molecule has 0 spiro atoms. The molecule has 0 aliphatic heterocycles. The van der Waals surface area contributed by atoms with Gasteiger partial charge in [-0.15, -0.1) is 0 Å². The van der Waals surface area contributed by atoms with Crippen LogP contribution < -0.4 is 5.32 Å². The van der Waals surface area contributed by atoms with Crippen molar-refractivity contribution < 1.29 is 4.79 Å². The SMILES string of the molecule is Cc1ncccc1C(=O)NC(C)(CBr)CBr. The molecule has 0 atom stereocenters. The van der Waals surface area contributed by atoms with Gasteiger partial charge in [-0.1, -0.05) is 31.9 Å². The van der Waals surface area contributed by atoms with E-state index in [9.17, 15) is 4.79 Å². The maximum Gasteiger partial charge on any atom is 0.253 e. The third-order valence-electron chi connectivity index (χ3n) is 2.26. The largest absolute Gasteiger partial charge is 0.345 e. The van der Waals surface area contributed by atoms with Gasteiger partial charge in [-0.05, 0) is 26.0 Å². The van der Waals surface area contributed by atoms with Crippen LogP contribution >= 0.6 is 31.9 Å². The molecule has 1 N–H and O–H groups in total. The minimum absolute atomic E-state index is 0.0907. The first-order chi connectivity index (χ1) is 7.52. The Morgan fingerprint density at radius 3 is 2.62 bits per heavy atom. The fourth-order valence-corrected chi connectivity index (χ4v) is 2.38. The van der Waals surface area contributed by atoms with Crippen molar-refractivity contribution in [1.29, 1.82) is 0 Å². The Balaban J connectivity index is 2.84. The van der Waals surface area contributed by atoms with E-state index in [4.69, 9.17) is 0 Å². The Kier molecular flexibility index (Phi) is 4.92. The number of pyridine rings is 1. The standard InChI is InChI=1S/C11H14Br2N2O/c1-8-9(4-3-5-14-8)10(16)15-11(2,6-12)7-13/h3-5H,6-7H2,1-2H3,(H,15,16). The van der Waals surface area contributed by atoms with Gasteiger partial charge < -0.3 is 5.32 Å². The number of carbonyl (C=O) groups is 1. The Morgan fingerprint density at radius 2 is 2.12 bits per heavy atom. The van der Waals surface area contributed by atoms with Crippen molar-refractivity contribution in [3.8, 4) is 0 Å². The Hall–Kier alpha value is -0.420. The lowest BCUT2D eigenvalue weighted by molar-refractivity contribution is 0.0922. The highest BCUT2D eigenvalue weighted by atomic mass is 79.9. The zero-order chi connectivity index (χ0) is 12.2. The van der Waals surface area contributed by atoms with Crippen LogP contribution in [0.1, 0.15) is 23.0 Å². The molecule has 0 aliphatic rings. The summed E-state index contributed by atoms with van der Waals surface area (Å²) in [6, 6.07) is 3.54. The van der Waals surface area contributed by atoms with Crippen LogP contribution in [0.4, 0.5) is 0 Å². The summed E-state index contributed by atoms with van der Waals surface area (Å²) in [7, 11) is 0. The molecule has 0 aliphatic carbocycles. The van der Waals surface area contributed by atoms with Gasteiger partial charge in [0.2, 0.25) is 0 Å². The van der Waals surface area contributed by atoms with Gasteiger partial charge in [0.05, 0.1) is 11.1 Å². The number of halogens is 2. The summed E-state index contributed by atoms with van der Waals surface area (Å²) in [5.74, 6) is -0.0907. The molecule has 1 heterocycles. The number of hydrogen-bond donors (Lipinski definition) is 1. The molecular weight excluding hydrogens is 336 g/mol. The molecule has 0 bridgehead atoms. The van der Waals surface area contributed by atoms with E-state index >= 15 is 0 Å². The number of carbonyl (C=O) groups excluding carboxylic acids is 1. The first-order valence-corrected chi connectivity index (χ1v) is 7.13. The van der Waals surface area contributed by atoms with Crippen LogP contribution in [0.2, 0.25) is 0 Å².